The zero-order chi connectivity index (χ0) is 11.9. The summed E-state index contributed by atoms with van der Waals surface area (Å²) in [4.78, 5) is 16.3. The molecule has 4 heteroatoms. The SMILES string of the molecule is Cn1c(=O)n(CC(C)(C)C)c2cccnc21. The van der Waals surface area contributed by atoms with Crippen molar-refractivity contribution in [3.05, 3.63) is 28.8 Å². The van der Waals surface area contributed by atoms with E-state index in [0.29, 0.717) is 6.54 Å². The van der Waals surface area contributed by atoms with E-state index in [0.717, 1.165) is 11.2 Å². The Morgan fingerprint density at radius 2 is 2.06 bits per heavy atom. The molecular weight excluding hydrogens is 202 g/mol. The Bertz CT molecular complexity index is 572. The lowest BCUT2D eigenvalue weighted by molar-refractivity contribution is 0.342. The van der Waals surface area contributed by atoms with Gasteiger partial charge in [-0.25, -0.2) is 9.78 Å². The number of hydrogen-bond donors (Lipinski definition) is 0. The van der Waals surface area contributed by atoms with Crippen molar-refractivity contribution in [2.45, 2.75) is 27.3 Å². The molecule has 0 N–H and O–H groups in total. The lowest BCUT2D eigenvalue weighted by Gasteiger charge is -2.18. The van der Waals surface area contributed by atoms with Gasteiger partial charge in [0.2, 0.25) is 0 Å². The number of hydrogen-bond acceptors (Lipinski definition) is 2. The van der Waals surface area contributed by atoms with E-state index < -0.39 is 0 Å². The molecule has 4 nitrogen and oxygen atoms in total. The minimum atomic E-state index is 0.00336. The van der Waals surface area contributed by atoms with Gasteiger partial charge < -0.3 is 0 Å². The maximum atomic E-state index is 12.1. The molecule has 0 spiro atoms. The number of pyridine rings is 1. The van der Waals surface area contributed by atoms with Gasteiger partial charge in [0.1, 0.15) is 0 Å². The van der Waals surface area contributed by atoms with Crippen LogP contribution in [-0.4, -0.2) is 14.1 Å². The first-order valence-electron chi connectivity index (χ1n) is 5.40. The average molecular weight is 219 g/mol. The lowest BCUT2D eigenvalue weighted by Crippen LogP contribution is -2.27. The fourth-order valence-electron chi connectivity index (χ4n) is 1.86. The standard InChI is InChI=1S/C12H17N3O/c1-12(2,3)8-15-9-6-5-7-13-10(9)14(4)11(15)16/h5-7H,8H2,1-4H3. The van der Waals surface area contributed by atoms with Crippen molar-refractivity contribution in [2.24, 2.45) is 12.5 Å². The van der Waals surface area contributed by atoms with E-state index in [2.05, 4.69) is 25.8 Å². The van der Waals surface area contributed by atoms with Gasteiger partial charge >= 0.3 is 5.69 Å². The Balaban J connectivity index is 2.70. The molecule has 0 aliphatic rings. The number of imidazole rings is 1. The van der Waals surface area contributed by atoms with Crippen molar-refractivity contribution in [2.75, 3.05) is 0 Å². The fourth-order valence-corrected chi connectivity index (χ4v) is 1.86. The molecule has 0 aromatic carbocycles. The highest BCUT2D eigenvalue weighted by Crippen LogP contribution is 2.18. The molecule has 0 saturated heterocycles. The largest absolute Gasteiger partial charge is 0.330 e. The number of nitrogens with zero attached hydrogens (tertiary/aromatic N) is 3. The summed E-state index contributed by atoms with van der Waals surface area (Å²) in [6.07, 6.45) is 1.71. The second-order valence-electron chi connectivity index (χ2n) is 5.33. The molecule has 2 heterocycles. The number of aryl methyl sites for hydroxylation is 1. The zero-order valence-corrected chi connectivity index (χ0v) is 10.2. The van der Waals surface area contributed by atoms with Crippen LogP contribution in [0.2, 0.25) is 0 Å². The molecule has 0 amide bonds. The van der Waals surface area contributed by atoms with E-state index in [4.69, 9.17) is 0 Å². The van der Waals surface area contributed by atoms with E-state index >= 15 is 0 Å². The van der Waals surface area contributed by atoms with E-state index in [-0.39, 0.29) is 11.1 Å². The van der Waals surface area contributed by atoms with Gasteiger partial charge in [-0.2, -0.15) is 0 Å². The van der Waals surface area contributed by atoms with Crippen LogP contribution in [0.5, 0.6) is 0 Å². The highest BCUT2D eigenvalue weighted by atomic mass is 16.1. The van der Waals surface area contributed by atoms with E-state index in [1.165, 1.54) is 0 Å². The predicted molar refractivity (Wildman–Crippen MR) is 64.4 cm³/mol. The van der Waals surface area contributed by atoms with Crippen molar-refractivity contribution < 1.29 is 0 Å². The van der Waals surface area contributed by atoms with Gasteiger partial charge in [0.25, 0.3) is 0 Å². The van der Waals surface area contributed by atoms with Gasteiger partial charge in [0.15, 0.2) is 5.65 Å². The molecule has 0 unspecified atom stereocenters. The molecule has 0 saturated carbocycles. The summed E-state index contributed by atoms with van der Waals surface area (Å²) in [7, 11) is 1.76. The van der Waals surface area contributed by atoms with Crippen LogP contribution in [0.3, 0.4) is 0 Å². The van der Waals surface area contributed by atoms with Crippen LogP contribution in [-0.2, 0) is 13.6 Å². The fraction of sp³-hybridized carbons (Fsp3) is 0.500. The van der Waals surface area contributed by atoms with E-state index in [1.807, 2.05) is 12.1 Å². The third kappa shape index (κ3) is 1.75. The lowest BCUT2D eigenvalue weighted by atomic mass is 9.97. The summed E-state index contributed by atoms with van der Waals surface area (Å²) in [5.74, 6) is 0. The predicted octanol–water partition coefficient (Wildman–Crippen LogP) is 1.78. The molecule has 16 heavy (non-hydrogen) atoms. The van der Waals surface area contributed by atoms with E-state index in [1.54, 1.807) is 22.4 Å². The Kier molecular flexibility index (Phi) is 2.37. The molecule has 2 rings (SSSR count). The van der Waals surface area contributed by atoms with Crippen LogP contribution in [0, 0.1) is 5.41 Å². The Labute approximate surface area is 94.5 Å². The summed E-state index contributed by atoms with van der Waals surface area (Å²) in [5.41, 5.74) is 1.74. The summed E-state index contributed by atoms with van der Waals surface area (Å²) in [6.45, 7) is 7.06. The first kappa shape index (κ1) is 10.9. The van der Waals surface area contributed by atoms with Crippen LogP contribution in [0.15, 0.2) is 23.1 Å². The molecular formula is C12H17N3O. The van der Waals surface area contributed by atoms with Gasteiger partial charge in [-0.3, -0.25) is 9.13 Å². The number of rotatable bonds is 1. The average Bonchev–Trinajstić information content (AvgIpc) is 2.43. The smallest absolute Gasteiger partial charge is 0.290 e. The van der Waals surface area contributed by atoms with Gasteiger partial charge in [-0.05, 0) is 17.5 Å². The van der Waals surface area contributed by atoms with Crippen LogP contribution in [0.4, 0.5) is 0 Å². The van der Waals surface area contributed by atoms with Crippen LogP contribution in [0.25, 0.3) is 11.2 Å². The minimum absolute atomic E-state index is 0.00336. The first-order chi connectivity index (χ1) is 7.40. The molecule has 2 aromatic rings. The zero-order valence-electron chi connectivity index (χ0n) is 10.2. The summed E-state index contributed by atoms with van der Waals surface area (Å²) >= 11 is 0. The van der Waals surface area contributed by atoms with Gasteiger partial charge in [0, 0.05) is 19.8 Å². The second-order valence-corrected chi connectivity index (χ2v) is 5.33. The summed E-state index contributed by atoms with van der Waals surface area (Å²) in [6, 6.07) is 3.80. The Hall–Kier alpha value is -1.58. The third-order valence-electron chi connectivity index (χ3n) is 2.52. The molecule has 0 atom stereocenters. The van der Waals surface area contributed by atoms with Crippen LogP contribution >= 0.6 is 0 Å². The first-order valence-corrected chi connectivity index (χ1v) is 5.40. The maximum absolute atomic E-state index is 12.1. The normalized spacial score (nSPS) is 12.2. The van der Waals surface area contributed by atoms with E-state index in [9.17, 15) is 4.79 Å². The summed E-state index contributed by atoms with van der Waals surface area (Å²) in [5, 5.41) is 0. The molecule has 0 bridgehead atoms. The Morgan fingerprint density at radius 3 is 2.69 bits per heavy atom. The molecule has 0 aliphatic heterocycles. The van der Waals surface area contributed by atoms with Crippen molar-refractivity contribution in [1.29, 1.82) is 0 Å². The van der Waals surface area contributed by atoms with Crippen molar-refractivity contribution in [1.82, 2.24) is 14.1 Å². The van der Waals surface area contributed by atoms with Crippen molar-refractivity contribution in [3.8, 4) is 0 Å². The van der Waals surface area contributed by atoms with Crippen LogP contribution < -0.4 is 5.69 Å². The van der Waals surface area contributed by atoms with Crippen molar-refractivity contribution >= 4 is 11.2 Å². The van der Waals surface area contributed by atoms with Gasteiger partial charge in [-0.15, -0.1) is 0 Å². The van der Waals surface area contributed by atoms with Crippen LogP contribution in [0.1, 0.15) is 20.8 Å². The highest BCUT2D eigenvalue weighted by Gasteiger charge is 2.17. The quantitative estimate of drug-likeness (QED) is 0.733. The molecule has 0 aliphatic carbocycles. The molecule has 0 radical (unpaired) electrons. The topological polar surface area (TPSA) is 39.8 Å². The Morgan fingerprint density at radius 1 is 1.38 bits per heavy atom. The monoisotopic (exact) mass is 219 g/mol. The summed E-state index contributed by atoms with van der Waals surface area (Å²) < 4.78 is 3.39. The second kappa shape index (κ2) is 3.47. The van der Waals surface area contributed by atoms with Crippen molar-refractivity contribution in [3.63, 3.8) is 0 Å². The number of aromatic nitrogens is 3. The highest BCUT2D eigenvalue weighted by molar-refractivity contribution is 5.71. The number of fused-ring (bicyclic) bond motifs is 1. The molecule has 0 fully saturated rings. The maximum Gasteiger partial charge on any atom is 0.330 e. The molecule has 2 aromatic heterocycles. The molecule has 86 valence electrons. The third-order valence-corrected chi connectivity index (χ3v) is 2.52. The van der Waals surface area contributed by atoms with Gasteiger partial charge in [0.05, 0.1) is 5.52 Å². The minimum Gasteiger partial charge on any atom is -0.290 e. The van der Waals surface area contributed by atoms with Gasteiger partial charge in [-0.1, -0.05) is 20.8 Å².